The third-order valence-corrected chi connectivity index (χ3v) is 3.01. The Balaban J connectivity index is 2.88. The lowest BCUT2D eigenvalue weighted by Crippen LogP contribution is -2.07. The fourth-order valence-electron chi connectivity index (χ4n) is 0.831. The highest BCUT2D eigenvalue weighted by molar-refractivity contribution is 7.11. The summed E-state index contributed by atoms with van der Waals surface area (Å²) in [6, 6.07) is 0.132. The summed E-state index contributed by atoms with van der Waals surface area (Å²) in [6.45, 7) is 6.19. The second-order valence-electron chi connectivity index (χ2n) is 2.71. The maximum absolute atomic E-state index is 5.82. The minimum absolute atomic E-state index is 0.132. The Bertz CT molecular complexity index is 223. The van der Waals surface area contributed by atoms with Crippen LogP contribution < -0.4 is 5.73 Å². The van der Waals surface area contributed by atoms with Gasteiger partial charge in [0.1, 0.15) is 5.01 Å². The van der Waals surface area contributed by atoms with E-state index in [0.717, 1.165) is 17.1 Å². The molecule has 1 aromatic rings. The maximum atomic E-state index is 5.82. The van der Waals surface area contributed by atoms with Gasteiger partial charge in [0.15, 0.2) is 0 Å². The predicted octanol–water partition coefficient (Wildman–Crippen LogP) is 2.17. The summed E-state index contributed by atoms with van der Waals surface area (Å²) in [7, 11) is 0. The molecule has 0 saturated carbocycles. The number of nitrogens with zero attached hydrogens (tertiary/aromatic N) is 1. The van der Waals surface area contributed by atoms with Gasteiger partial charge in [-0.2, -0.15) is 0 Å². The summed E-state index contributed by atoms with van der Waals surface area (Å²) in [5.41, 5.74) is 6.94. The van der Waals surface area contributed by atoms with Gasteiger partial charge in [-0.25, -0.2) is 4.98 Å². The van der Waals surface area contributed by atoms with Crippen LogP contribution in [-0.4, -0.2) is 4.98 Å². The lowest BCUT2D eigenvalue weighted by atomic mass is 10.2. The van der Waals surface area contributed by atoms with Crippen molar-refractivity contribution in [3.8, 4) is 0 Å². The van der Waals surface area contributed by atoms with Gasteiger partial charge in [-0.15, -0.1) is 11.3 Å². The molecule has 11 heavy (non-hydrogen) atoms. The third kappa shape index (κ3) is 1.79. The van der Waals surface area contributed by atoms with Crippen LogP contribution in [0.25, 0.3) is 0 Å². The quantitative estimate of drug-likeness (QED) is 0.738. The van der Waals surface area contributed by atoms with E-state index in [1.54, 1.807) is 11.3 Å². The normalized spacial score (nSPS) is 13.5. The van der Waals surface area contributed by atoms with Crippen LogP contribution in [0.2, 0.25) is 0 Å². The molecule has 0 spiro atoms. The molecule has 0 fully saturated rings. The van der Waals surface area contributed by atoms with Crippen LogP contribution in [0.4, 0.5) is 0 Å². The number of aromatic nitrogens is 1. The molecule has 0 bridgehead atoms. The molecule has 1 aromatic heterocycles. The number of nitrogens with two attached hydrogens (primary N) is 1. The number of hydrogen-bond acceptors (Lipinski definition) is 3. The first-order valence-electron chi connectivity index (χ1n) is 3.84. The summed E-state index contributed by atoms with van der Waals surface area (Å²) in [5.74, 6) is 0. The van der Waals surface area contributed by atoms with Crippen LogP contribution in [0.15, 0.2) is 0 Å². The highest BCUT2D eigenvalue weighted by Gasteiger charge is 2.09. The van der Waals surface area contributed by atoms with E-state index in [-0.39, 0.29) is 6.04 Å². The van der Waals surface area contributed by atoms with Crippen LogP contribution in [0, 0.1) is 13.8 Å². The van der Waals surface area contributed by atoms with Crippen molar-refractivity contribution in [1.82, 2.24) is 4.98 Å². The molecule has 0 amide bonds. The monoisotopic (exact) mass is 170 g/mol. The van der Waals surface area contributed by atoms with E-state index in [1.165, 1.54) is 4.88 Å². The predicted molar refractivity (Wildman–Crippen MR) is 48.8 cm³/mol. The second kappa shape index (κ2) is 3.32. The maximum Gasteiger partial charge on any atom is 0.110 e. The Labute approximate surface area is 71.5 Å². The van der Waals surface area contributed by atoms with Gasteiger partial charge < -0.3 is 5.73 Å². The molecular weight excluding hydrogens is 156 g/mol. The van der Waals surface area contributed by atoms with Crippen molar-refractivity contribution >= 4 is 11.3 Å². The van der Waals surface area contributed by atoms with E-state index < -0.39 is 0 Å². The van der Waals surface area contributed by atoms with Crippen LogP contribution in [-0.2, 0) is 0 Å². The molecule has 0 saturated heterocycles. The highest BCUT2D eigenvalue weighted by atomic mass is 32.1. The number of thiazole rings is 1. The zero-order chi connectivity index (χ0) is 8.43. The number of hydrogen-bond donors (Lipinski definition) is 1. The van der Waals surface area contributed by atoms with Crippen molar-refractivity contribution in [3.05, 3.63) is 15.6 Å². The summed E-state index contributed by atoms with van der Waals surface area (Å²) in [5, 5.41) is 1.07. The van der Waals surface area contributed by atoms with E-state index in [1.807, 2.05) is 6.92 Å². The smallest absolute Gasteiger partial charge is 0.110 e. The largest absolute Gasteiger partial charge is 0.322 e. The minimum Gasteiger partial charge on any atom is -0.322 e. The molecule has 0 radical (unpaired) electrons. The first-order chi connectivity index (χ1) is 5.15. The second-order valence-corrected chi connectivity index (χ2v) is 3.94. The zero-order valence-electron chi connectivity index (χ0n) is 7.22. The van der Waals surface area contributed by atoms with Crippen LogP contribution in [0.1, 0.15) is 35.0 Å². The van der Waals surface area contributed by atoms with Crippen molar-refractivity contribution in [2.24, 2.45) is 5.73 Å². The summed E-state index contributed by atoms with van der Waals surface area (Å²) < 4.78 is 0. The van der Waals surface area contributed by atoms with Crippen molar-refractivity contribution in [1.29, 1.82) is 0 Å². The zero-order valence-corrected chi connectivity index (χ0v) is 8.03. The van der Waals surface area contributed by atoms with Crippen molar-refractivity contribution in [2.45, 2.75) is 33.2 Å². The van der Waals surface area contributed by atoms with Crippen molar-refractivity contribution < 1.29 is 0 Å². The van der Waals surface area contributed by atoms with E-state index in [9.17, 15) is 0 Å². The van der Waals surface area contributed by atoms with Crippen molar-refractivity contribution in [2.75, 3.05) is 0 Å². The molecule has 1 atom stereocenters. The molecule has 0 aromatic carbocycles. The first kappa shape index (κ1) is 8.68. The minimum atomic E-state index is 0.132. The van der Waals surface area contributed by atoms with Gasteiger partial charge in [0, 0.05) is 4.88 Å². The van der Waals surface area contributed by atoms with Gasteiger partial charge in [-0.05, 0) is 20.3 Å². The van der Waals surface area contributed by atoms with Crippen LogP contribution in [0.5, 0.6) is 0 Å². The molecule has 62 valence electrons. The SMILES string of the molecule is CCC(N)c1nc(C)c(C)s1. The molecule has 2 nitrogen and oxygen atoms in total. The van der Waals surface area contributed by atoms with E-state index in [2.05, 4.69) is 18.8 Å². The average Bonchev–Trinajstić information content (AvgIpc) is 2.31. The van der Waals surface area contributed by atoms with Crippen LogP contribution >= 0.6 is 11.3 Å². The lowest BCUT2D eigenvalue weighted by Gasteiger charge is -2.01. The standard InChI is InChI=1S/C8H14N2S/c1-4-7(9)8-10-5(2)6(3)11-8/h7H,4,9H2,1-3H3. The van der Waals surface area contributed by atoms with E-state index >= 15 is 0 Å². The molecule has 0 aliphatic carbocycles. The Morgan fingerprint density at radius 2 is 2.18 bits per heavy atom. The fourth-order valence-corrected chi connectivity index (χ4v) is 1.84. The summed E-state index contributed by atoms with van der Waals surface area (Å²) in [6.07, 6.45) is 0.965. The van der Waals surface area contributed by atoms with Gasteiger partial charge in [-0.3, -0.25) is 0 Å². The molecule has 0 aliphatic heterocycles. The Morgan fingerprint density at radius 3 is 2.55 bits per heavy atom. The molecule has 0 aliphatic rings. The molecule has 1 heterocycles. The molecule has 3 heteroatoms. The van der Waals surface area contributed by atoms with Crippen molar-refractivity contribution in [3.63, 3.8) is 0 Å². The van der Waals surface area contributed by atoms with Gasteiger partial charge in [0.2, 0.25) is 0 Å². The van der Waals surface area contributed by atoms with Gasteiger partial charge in [0.25, 0.3) is 0 Å². The average molecular weight is 170 g/mol. The summed E-state index contributed by atoms with van der Waals surface area (Å²) >= 11 is 1.71. The van der Waals surface area contributed by atoms with Gasteiger partial charge in [0.05, 0.1) is 11.7 Å². The molecular formula is C8H14N2S. The Hall–Kier alpha value is -0.410. The van der Waals surface area contributed by atoms with Gasteiger partial charge in [-0.1, -0.05) is 6.92 Å². The van der Waals surface area contributed by atoms with Gasteiger partial charge >= 0.3 is 0 Å². The lowest BCUT2D eigenvalue weighted by molar-refractivity contribution is 0.691. The topological polar surface area (TPSA) is 38.9 Å². The van der Waals surface area contributed by atoms with E-state index in [4.69, 9.17) is 5.73 Å². The fraction of sp³-hybridized carbons (Fsp3) is 0.625. The molecule has 2 N–H and O–H groups in total. The third-order valence-electron chi connectivity index (χ3n) is 1.80. The summed E-state index contributed by atoms with van der Waals surface area (Å²) in [4.78, 5) is 5.66. The first-order valence-corrected chi connectivity index (χ1v) is 4.66. The Morgan fingerprint density at radius 1 is 1.55 bits per heavy atom. The Kier molecular flexibility index (Phi) is 2.62. The van der Waals surface area contributed by atoms with Crippen LogP contribution in [0.3, 0.4) is 0 Å². The molecule has 1 rings (SSSR count). The van der Waals surface area contributed by atoms with E-state index in [0.29, 0.717) is 0 Å². The number of rotatable bonds is 2. The molecule has 1 unspecified atom stereocenters. The number of aryl methyl sites for hydroxylation is 2. The highest BCUT2D eigenvalue weighted by Crippen LogP contribution is 2.22.